The zero-order valence-corrected chi connectivity index (χ0v) is 15.4. The molecular weight excluding hydrogens is 355 g/mol. The highest BCUT2D eigenvalue weighted by Crippen LogP contribution is 2.45. The number of aromatic carboxylic acids is 1. The number of halogens is 1. The van der Waals surface area contributed by atoms with Gasteiger partial charge in [0.15, 0.2) is 11.6 Å². The molecule has 0 spiro atoms. The van der Waals surface area contributed by atoms with Gasteiger partial charge in [-0.3, -0.25) is 4.79 Å². The molecular formula is C19H21FN2O5. The van der Waals surface area contributed by atoms with Crippen LogP contribution < -0.4 is 15.1 Å². The molecule has 1 aliphatic heterocycles. The van der Waals surface area contributed by atoms with Crippen LogP contribution >= 0.6 is 0 Å². The summed E-state index contributed by atoms with van der Waals surface area (Å²) in [6.45, 7) is 4.50. The molecule has 2 heterocycles. The van der Waals surface area contributed by atoms with Gasteiger partial charge in [0.1, 0.15) is 18.0 Å². The standard InChI is InChI=1S/C19H21FN2O5/c1-19(2)8-27-9-22(19)15-13(20)6-11-14(17(15)26-3)21(10-4-5-10)7-12(16(11)23)18(24)25/h6-7,10H,4-5,8-9H2,1-3H3,(H,24,25). The predicted octanol–water partition coefficient (Wildman–Crippen LogP) is 2.76. The fourth-order valence-corrected chi connectivity index (χ4v) is 3.69. The number of fused-ring (bicyclic) bond motifs is 1. The molecule has 1 N–H and O–H groups in total. The Morgan fingerprint density at radius 2 is 2.11 bits per heavy atom. The van der Waals surface area contributed by atoms with E-state index in [4.69, 9.17) is 9.47 Å². The summed E-state index contributed by atoms with van der Waals surface area (Å²) in [5.41, 5.74) is -0.880. The van der Waals surface area contributed by atoms with Gasteiger partial charge in [0.25, 0.3) is 0 Å². The molecule has 1 aromatic carbocycles. The lowest BCUT2D eigenvalue weighted by molar-refractivity contribution is 0.0695. The molecule has 8 heteroatoms. The Bertz CT molecular complexity index is 1010. The van der Waals surface area contributed by atoms with Crippen LogP contribution in [0.5, 0.6) is 5.75 Å². The van der Waals surface area contributed by atoms with Crippen molar-refractivity contribution in [1.82, 2.24) is 4.57 Å². The van der Waals surface area contributed by atoms with Gasteiger partial charge in [-0.25, -0.2) is 9.18 Å². The second-order valence-electron chi connectivity index (χ2n) is 7.67. The third-order valence-corrected chi connectivity index (χ3v) is 5.25. The van der Waals surface area contributed by atoms with Crippen molar-refractivity contribution in [3.63, 3.8) is 0 Å². The lowest BCUT2D eigenvalue weighted by Crippen LogP contribution is -2.41. The van der Waals surface area contributed by atoms with E-state index in [9.17, 15) is 14.7 Å². The summed E-state index contributed by atoms with van der Waals surface area (Å²) >= 11 is 0. The van der Waals surface area contributed by atoms with E-state index in [-0.39, 0.29) is 35.2 Å². The summed E-state index contributed by atoms with van der Waals surface area (Å²) in [6.07, 6.45) is 3.08. The first-order chi connectivity index (χ1) is 12.8. The lowest BCUT2D eigenvalue weighted by Gasteiger charge is -2.33. The molecule has 2 aromatic rings. The van der Waals surface area contributed by atoms with Crippen LogP contribution in [-0.2, 0) is 4.74 Å². The maximum atomic E-state index is 15.2. The van der Waals surface area contributed by atoms with Crippen molar-refractivity contribution in [1.29, 1.82) is 0 Å². The summed E-state index contributed by atoms with van der Waals surface area (Å²) in [5, 5.41) is 9.39. The Morgan fingerprint density at radius 1 is 1.41 bits per heavy atom. The molecule has 1 aliphatic carbocycles. The fraction of sp³-hybridized carbons (Fsp3) is 0.474. The number of carbonyl (C=O) groups is 1. The fourth-order valence-electron chi connectivity index (χ4n) is 3.69. The third kappa shape index (κ3) is 2.66. The molecule has 2 fully saturated rings. The predicted molar refractivity (Wildman–Crippen MR) is 97.3 cm³/mol. The lowest BCUT2D eigenvalue weighted by atomic mass is 10.0. The first-order valence-electron chi connectivity index (χ1n) is 8.80. The van der Waals surface area contributed by atoms with Gasteiger partial charge in [-0.1, -0.05) is 0 Å². The van der Waals surface area contributed by atoms with Gasteiger partial charge >= 0.3 is 5.97 Å². The Balaban J connectivity index is 2.10. The first kappa shape index (κ1) is 17.8. The number of carboxylic acid groups (broad SMARTS) is 1. The SMILES string of the molecule is COc1c(N2COCC2(C)C)c(F)cc2c(=O)c(C(=O)O)cn(C3CC3)c12. The van der Waals surface area contributed by atoms with E-state index in [1.54, 1.807) is 9.47 Å². The molecule has 7 nitrogen and oxygen atoms in total. The van der Waals surface area contributed by atoms with E-state index < -0.39 is 22.8 Å². The zero-order chi connectivity index (χ0) is 19.5. The molecule has 1 aromatic heterocycles. The van der Waals surface area contributed by atoms with Crippen LogP contribution in [-0.4, -0.2) is 41.6 Å². The average Bonchev–Trinajstić information content (AvgIpc) is 3.38. The summed E-state index contributed by atoms with van der Waals surface area (Å²) < 4.78 is 28.0. The van der Waals surface area contributed by atoms with Crippen molar-refractivity contribution in [3.8, 4) is 5.75 Å². The monoisotopic (exact) mass is 376 g/mol. The van der Waals surface area contributed by atoms with Crippen LogP contribution in [0, 0.1) is 5.82 Å². The smallest absolute Gasteiger partial charge is 0.341 e. The van der Waals surface area contributed by atoms with Crippen molar-refractivity contribution < 1.29 is 23.8 Å². The summed E-state index contributed by atoms with van der Waals surface area (Å²) in [6, 6.07) is 1.19. The van der Waals surface area contributed by atoms with Gasteiger partial charge in [0, 0.05) is 12.2 Å². The van der Waals surface area contributed by atoms with Crippen LogP contribution in [0.1, 0.15) is 43.1 Å². The minimum Gasteiger partial charge on any atom is -0.492 e. The summed E-state index contributed by atoms with van der Waals surface area (Å²) in [7, 11) is 1.43. The second-order valence-corrected chi connectivity index (χ2v) is 7.67. The molecule has 27 heavy (non-hydrogen) atoms. The molecule has 4 rings (SSSR count). The largest absolute Gasteiger partial charge is 0.492 e. The quantitative estimate of drug-likeness (QED) is 0.884. The van der Waals surface area contributed by atoms with E-state index >= 15 is 4.39 Å². The maximum Gasteiger partial charge on any atom is 0.341 e. The number of anilines is 1. The minimum atomic E-state index is -1.33. The highest BCUT2D eigenvalue weighted by molar-refractivity contribution is 5.97. The number of nitrogens with zero attached hydrogens (tertiary/aromatic N) is 2. The number of ether oxygens (including phenoxy) is 2. The van der Waals surface area contributed by atoms with Crippen molar-refractivity contribution in [2.75, 3.05) is 25.3 Å². The summed E-state index contributed by atoms with van der Waals surface area (Å²) in [5.74, 6) is -1.74. The highest BCUT2D eigenvalue weighted by atomic mass is 19.1. The molecule has 0 atom stereocenters. The Morgan fingerprint density at radius 3 is 2.63 bits per heavy atom. The zero-order valence-electron chi connectivity index (χ0n) is 15.4. The molecule has 0 bridgehead atoms. The molecule has 0 amide bonds. The second kappa shape index (κ2) is 5.95. The van der Waals surface area contributed by atoms with Gasteiger partial charge in [0.05, 0.1) is 30.2 Å². The number of pyridine rings is 1. The molecule has 1 saturated carbocycles. The van der Waals surface area contributed by atoms with Gasteiger partial charge in [-0.15, -0.1) is 0 Å². The van der Waals surface area contributed by atoms with E-state index in [1.165, 1.54) is 13.3 Å². The number of hydrogen-bond donors (Lipinski definition) is 1. The minimum absolute atomic E-state index is 0.0119. The van der Waals surface area contributed by atoms with E-state index in [0.29, 0.717) is 12.1 Å². The molecule has 0 unspecified atom stereocenters. The van der Waals surface area contributed by atoms with Crippen LogP contribution in [0.4, 0.5) is 10.1 Å². The van der Waals surface area contributed by atoms with Gasteiger partial charge in [0.2, 0.25) is 5.43 Å². The Hall–Kier alpha value is -2.61. The number of hydrogen-bond acceptors (Lipinski definition) is 5. The first-order valence-corrected chi connectivity index (χ1v) is 8.80. The van der Waals surface area contributed by atoms with Crippen LogP contribution in [0.2, 0.25) is 0 Å². The highest BCUT2D eigenvalue weighted by Gasteiger charge is 2.38. The van der Waals surface area contributed by atoms with E-state index in [2.05, 4.69) is 0 Å². The number of carboxylic acids is 1. The van der Waals surface area contributed by atoms with Crippen LogP contribution in [0.15, 0.2) is 17.1 Å². The number of rotatable bonds is 4. The van der Waals surface area contributed by atoms with Crippen LogP contribution in [0.3, 0.4) is 0 Å². The Labute approximate surface area is 154 Å². The molecule has 2 aliphatic rings. The van der Waals surface area contributed by atoms with Gasteiger partial charge in [-0.2, -0.15) is 0 Å². The average molecular weight is 376 g/mol. The topological polar surface area (TPSA) is 81.0 Å². The van der Waals surface area contributed by atoms with Gasteiger partial charge in [-0.05, 0) is 32.8 Å². The molecule has 1 saturated heterocycles. The van der Waals surface area contributed by atoms with Crippen LogP contribution in [0.25, 0.3) is 10.9 Å². The van der Waals surface area contributed by atoms with E-state index in [0.717, 1.165) is 18.9 Å². The van der Waals surface area contributed by atoms with Crippen molar-refractivity contribution in [3.05, 3.63) is 33.9 Å². The number of methoxy groups -OCH3 is 1. The molecule has 144 valence electrons. The number of benzene rings is 1. The normalized spacial score (nSPS) is 18.9. The third-order valence-electron chi connectivity index (χ3n) is 5.25. The molecule has 0 radical (unpaired) electrons. The van der Waals surface area contributed by atoms with Crippen molar-refractivity contribution in [2.24, 2.45) is 0 Å². The van der Waals surface area contributed by atoms with Crippen molar-refractivity contribution in [2.45, 2.75) is 38.3 Å². The number of aromatic nitrogens is 1. The van der Waals surface area contributed by atoms with Gasteiger partial charge < -0.3 is 24.0 Å². The maximum absolute atomic E-state index is 15.2. The summed E-state index contributed by atoms with van der Waals surface area (Å²) in [4.78, 5) is 26.0. The Kier molecular flexibility index (Phi) is 3.92. The van der Waals surface area contributed by atoms with Crippen molar-refractivity contribution >= 4 is 22.6 Å². The van der Waals surface area contributed by atoms with E-state index in [1.807, 2.05) is 13.8 Å².